The van der Waals surface area contributed by atoms with Crippen molar-refractivity contribution in [1.82, 2.24) is 0 Å². The summed E-state index contributed by atoms with van der Waals surface area (Å²) in [4.78, 5) is 0. The molecule has 0 bridgehead atoms. The van der Waals surface area contributed by atoms with Gasteiger partial charge in [0.05, 0.1) is 10.1 Å². The summed E-state index contributed by atoms with van der Waals surface area (Å²) in [6, 6.07) is 3.04. The normalized spacial score (nSPS) is 13.9. The van der Waals surface area contributed by atoms with Gasteiger partial charge in [-0.15, -0.1) is 0 Å². The van der Waals surface area contributed by atoms with Crippen LogP contribution in [0.2, 0.25) is 0 Å². The van der Waals surface area contributed by atoms with Crippen LogP contribution in [0.25, 0.3) is 0 Å². The average Bonchev–Trinajstić information content (AvgIpc) is 2.19. The fourth-order valence-corrected chi connectivity index (χ4v) is 1.77. The molecule has 0 aliphatic rings. The van der Waals surface area contributed by atoms with Crippen LogP contribution < -0.4 is 0 Å². The van der Waals surface area contributed by atoms with E-state index in [1.165, 1.54) is 17.8 Å². The Bertz CT molecular complexity index is 362. The standard InChI is InChI=1S/C10H10F4S2/c1-16-9(15)5-6-2-3-8(11)7(4-6)10(12,13)14/h2-4,9,15H,5H2,1H3. The maximum atomic E-state index is 12.9. The van der Waals surface area contributed by atoms with Crippen LogP contribution in [0.5, 0.6) is 0 Å². The number of halogens is 4. The Morgan fingerprint density at radius 1 is 1.38 bits per heavy atom. The molecule has 1 rings (SSSR count). The third-order valence-corrected chi connectivity index (χ3v) is 3.54. The van der Waals surface area contributed by atoms with Gasteiger partial charge in [0.25, 0.3) is 0 Å². The molecule has 0 radical (unpaired) electrons. The van der Waals surface area contributed by atoms with Crippen LogP contribution in [0.15, 0.2) is 18.2 Å². The van der Waals surface area contributed by atoms with Crippen molar-refractivity contribution in [2.75, 3.05) is 6.26 Å². The lowest BCUT2D eigenvalue weighted by molar-refractivity contribution is -0.140. The molecule has 6 heteroatoms. The zero-order chi connectivity index (χ0) is 12.3. The molecular formula is C10H10F4S2. The second-order valence-electron chi connectivity index (χ2n) is 3.21. The summed E-state index contributed by atoms with van der Waals surface area (Å²) >= 11 is 5.59. The average molecular weight is 270 g/mol. The molecule has 0 heterocycles. The van der Waals surface area contributed by atoms with E-state index in [2.05, 4.69) is 12.6 Å². The molecule has 1 aromatic carbocycles. The first-order valence-electron chi connectivity index (χ1n) is 4.41. The third kappa shape index (κ3) is 3.59. The first-order valence-corrected chi connectivity index (χ1v) is 6.21. The molecular weight excluding hydrogens is 260 g/mol. The zero-order valence-electron chi connectivity index (χ0n) is 8.38. The lowest BCUT2D eigenvalue weighted by atomic mass is 10.1. The van der Waals surface area contributed by atoms with Crippen LogP contribution in [0.3, 0.4) is 0 Å². The van der Waals surface area contributed by atoms with E-state index in [0.717, 1.165) is 12.1 Å². The number of thiol groups is 1. The maximum Gasteiger partial charge on any atom is 0.419 e. The van der Waals surface area contributed by atoms with Gasteiger partial charge >= 0.3 is 6.18 Å². The highest BCUT2D eigenvalue weighted by atomic mass is 32.2. The molecule has 0 aromatic heterocycles. The molecule has 1 unspecified atom stereocenters. The molecule has 0 fully saturated rings. The Morgan fingerprint density at radius 2 is 2.00 bits per heavy atom. The van der Waals surface area contributed by atoms with Gasteiger partial charge in [0.15, 0.2) is 0 Å². The molecule has 0 saturated heterocycles. The highest BCUT2D eigenvalue weighted by Crippen LogP contribution is 2.32. The minimum Gasteiger partial charge on any atom is -0.206 e. The van der Waals surface area contributed by atoms with Gasteiger partial charge in [0.1, 0.15) is 5.82 Å². The highest BCUT2D eigenvalue weighted by Gasteiger charge is 2.34. The van der Waals surface area contributed by atoms with Gasteiger partial charge < -0.3 is 0 Å². The van der Waals surface area contributed by atoms with Crippen molar-refractivity contribution in [2.45, 2.75) is 17.2 Å². The summed E-state index contributed by atoms with van der Waals surface area (Å²) < 4.78 is 50.0. The fraction of sp³-hybridized carbons (Fsp3) is 0.400. The summed E-state index contributed by atoms with van der Waals surface area (Å²) in [6.45, 7) is 0. The van der Waals surface area contributed by atoms with Gasteiger partial charge in [-0.1, -0.05) is 6.07 Å². The van der Waals surface area contributed by atoms with Gasteiger partial charge in [0.2, 0.25) is 0 Å². The van der Waals surface area contributed by atoms with E-state index in [9.17, 15) is 17.6 Å². The Hall–Kier alpha value is -0.360. The SMILES string of the molecule is CSC(S)Cc1ccc(F)c(C(F)(F)F)c1. The van der Waals surface area contributed by atoms with E-state index in [4.69, 9.17) is 0 Å². The third-order valence-electron chi connectivity index (χ3n) is 2.02. The number of rotatable bonds is 3. The molecule has 0 spiro atoms. The van der Waals surface area contributed by atoms with E-state index >= 15 is 0 Å². The van der Waals surface area contributed by atoms with Gasteiger partial charge in [-0.3, -0.25) is 0 Å². The van der Waals surface area contributed by atoms with Crippen molar-refractivity contribution >= 4 is 24.4 Å². The Morgan fingerprint density at radius 3 is 2.50 bits per heavy atom. The zero-order valence-corrected chi connectivity index (χ0v) is 10.1. The summed E-state index contributed by atoms with van der Waals surface area (Å²) in [6.07, 6.45) is -2.47. The van der Waals surface area contributed by atoms with Crippen LogP contribution >= 0.6 is 24.4 Å². The predicted molar refractivity (Wildman–Crippen MR) is 61.4 cm³/mol. The van der Waals surface area contributed by atoms with Crippen molar-refractivity contribution in [2.24, 2.45) is 0 Å². The lowest BCUT2D eigenvalue weighted by Crippen LogP contribution is -2.09. The summed E-state index contributed by atoms with van der Waals surface area (Å²) in [5, 5.41) is 0. The van der Waals surface area contributed by atoms with Crippen LogP contribution in [-0.2, 0) is 12.6 Å². The number of hydrogen-bond donors (Lipinski definition) is 1. The second kappa shape index (κ2) is 5.31. The van der Waals surface area contributed by atoms with Crippen molar-refractivity contribution in [3.8, 4) is 0 Å². The molecule has 0 nitrogen and oxygen atoms in total. The number of alkyl halides is 3. The van der Waals surface area contributed by atoms with Crippen molar-refractivity contribution in [3.05, 3.63) is 35.1 Å². The number of hydrogen-bond acceptors (Lipinski definition) is 2. The van der Waals surface area contributed by atoms with Crippen molar-refractivity contribution in [1.29, 1.82) is 0 Å². The minimum atomic E-state index is -4.65. The largest absolute Gasteiger partial charge is 0.419 e. The van der Waals surface area contributed by atoms with E-state index in [1.54, 1.807) is 0 Å². The van der Waals surface area contributed by atoms with E-state index in [0.29, 0.717) is 12.0 Å². The van der Waals surface area contributed by atoms with Crippen LogP contribution in [0, 0.1) is 5.82 Å². The topological polar surface area (TPSA) is 0 Å². The van der Waals surface area contributed by atoms with Gasteiger partial charge in [-0.25, -0.2) is 4.39 Å². The first kappa shape index (κ1) is 13.7. The summed E-state index contributed by atoms with van der Waals surface area (Å²) in [5.74, 6) is -1.24. The molecule has 0 aliphatic heterocycles. The molecule has 0 N–H and O–H groups in total. The molecule has 1 atom stereocenters. The molecule has 0 aliphatic carbocycles. The molecule has 90 valence electrons. The van der Waals surface area contributed by atoms with E-state index in [-0.39, 0.29) is 4.58 Å². The predicted octanol–water partition coefficient (Wildman–Crippen LogP) is 4.01. The molecule has 16 heavy (non-hydrogen) atoms. The fourth-order valence-electron chi connectivity index (χ4n) is 1.20. The number of benzene rings is 1. The van der Waals surface area contributed by atoms with Crippen LogP contribution in [0.1, 0.15) is 11.1 Å². The highest BCUT2D eigenvalue weighted by molar-refractivity contribution is 8.09. The minimum absolute atomic E-state index is 0.0912. The van der Waals surface area contributed by atoms with Gasteiger partial charge in [-0.2, -0.15) is 37.6 Å². The quantitative estimate of drug-likeness (QED) is 0.492. The first-order chi connectivity index (χ1) is 7.34. The molecule has 0 amide bonds. The van der Waals surface area contributed by atoms with E-state index in [1.807, 2.05) is 6.26 Å². The lowest BCUT2D eigenvalue weighted by Gasteiger charge is -2.12. The monoisotopic (exact) mass is 270 g/mol. The molecule has 0 saturated carbocycles. The van der Waals surface area contributed by atoms with E-state index < -0.39 is 17.6 Å². The Kier molecular flexibility index (Phi) is 4.55. The summed E-state index contributed by atoms with van der Waals surface area (Å²) in [7, 11) is 0. The molecule has 1 aromatic rings. The van der Waals surface area contributed by atoms with Crippen LogP contribution in [-0.4, -0.2) is 10.8 Å². The Labute approximate surface area is 101 Å². The van der Waals surface area contributed by atoms with Crippen molar-refractivity contribution < 1.29 is 17.6 Å². The Balaban J connectivity index is 2.99. The summed E-state index contributed by atoms with van der Waals surface area (Å²) in [5.41, 5.74) is -0.783. The maximum absolute atomic E-state index is 12.9. The van der Waals surface area contributed by atoms with Crippen LogP contribution in [0.4, 0.5) is 17.6 Å². The second-order valence-corrected chi connectivity index (χ2v) is 5.22. The smallest absolute Gasteiger partial charge is 0.206 e. The van der Waals surface area contributed by atoms with Gasteiger partial charge in [-0.05, 0) is 30.4 Å². The number of thioether (sulfide) groups is 1. The van der Waals surface area contributed by atoms with Gasteiger partial charge in [0, 0.05) is 0 Å². The van der Waals surface area contributed by atoms with Crippen molar-refractivity contribution in [3.63, 3.8) is 0 Å².